The third-order valence-electron chi connectivity index (χ3n) is 4.84. The summed E-state index contributed by atoms with van der Waals surface area (Å²) in [6, 6.07) is 4.39. The Morgan fingerprint density at radius 3 is 2.37 bits per heavy atom. The minimum Gasteiger partial charge on any atom is -0.497 e. The van der Waals surface area contributed by atoms with Gasteiger partial charge in [-0.2, -0.15) is 0 Å². The zero-order valence-corrected chi connectivity index (χ0v) is 17.9. The average Bonchev–Trinajstić information content (AvgIpc) is 3.02. The Morgan fingerprint density at radius 2 is 1.80 bits per heavy atom. The van der Waals surface area contributed by atoms with Crippen LogP contribution < -0.4 is 21.1 Å². The van der Waals surface area contributed by atoms with E-state index in [1.165, 1.54) is 36.0 Å². The fourth-order valence-electron chi connectivity index (χ4n) is 3.30. The summed E-state index contributed by atoms with van der Waals surface area (Å²) in [6.07, 6.45) is 3.08. The molecule has 30 heavy (non-hydrogen) atoms. The lowest BCUT2D eigenvalue weighted by Gasteiger charge is -2.08. The van der Waals surface area contributed by atoms with E-state index in [1.807, 2.05) is 0 Å². The number of fused-ring (bicyclic) bond motifs is 1. The van der Waals surface area contributed by atoms with Crippen LogP contribution in [-0.4, -0.2) is 34.2 Å². The van der Waals surface area contributed by atoms with E-state index in [2.05, 4.69) is 4.98 Å². The van der Waals surface area contributed by atoms with Gasteiger partial charge in [0.15, 0.2) is 11.2 Å². The van der Waals surface area contributed by atoms with E-state index in [1.54, 1.807) is 31.5 Å². The minimum atomic E-state index is -3.96. The molecule has 0 bridgehead atoms. The molecule has 0 amide bonds. The lowest BCUT2D eigenvalue weighted by Crippen LogP contribution is -2.39. The smallest absolute Gasteiger partial charge is 0.332 e. The van der Waals surface area contributed by atoms with Crippen LogP contribution in [0.4, 0.5) is 0 Å². The van der Waals surface area contributed by atoms with Gasteiger partial charge in [0.25, 0.3) is 5.56 Å². The summed E-state index contributed by atoms with van der Waals surface area (Å²) in [5.41, 5.74) is 0.0218. The Morgan fingerprint density at radius 1 is 1.13 bits per heavy atom. The number of nitrogens with two attached hydrogens (primary N) is 1. The molecule has 0 saturated carbocycles. The van der Waals surface area contributed by atoms with Crippen molar-refractivity contribution < 1.29 is 13.2 Å². The van der Waals surface area contributed by atoms with Crippen LogP contribution >= 0.6 is 0 Å². The van der Waals surface area contributed by atoms with Crippen molar-refractivity contribution in [2.45, 2.75) is 31.8 Å². The van der Waals surface area contributed by atoms with Gasteiger partial charge in [0.1, 0.15) is 11.6 Å². The van der Waals surface area contributed by atoms with Gasteiger partial charge in [-0.25, -0.2) is 23.3 Å². The van der Waals surface area contributed by atoms with Gasteiger partial charge in [0.05, 0.1) is 12.0 Å². The van der Waals surface area contributed by atoms with E-state index in [0.717, 1.165) is 4.57 Å². The van der Waals surface area contributed by atoms with Crippen molar-refractivity contribution in [3.63, 3.8) is 0 Å². The SMILES string of the molecule is CCn1c(=O)c2c(nc(C=Cc3cc(OC)ccc3S(N)(=O)=O)n2C)n(CC)c1=O. The van der Waals surface area contributed by atoms with Gasteiger partial charge in [-0.05, 0) is 49.8 Å². The van der Waals surface area contributed by atoms with Crippen LogP contribution in [-0.2, 0) is 30.2 Å². The number of hydrogen-bond donors (Lipinski definition) is 1. The third-order valence-corrected chi connectivity index (χ3v) is 5.83. The topological polar surface area (TPSA) is 131 Å². The summed E-state index contributed by atoms with van der Waals surface area (Å²) in [7, 11) is -0.837. The number of ether oxygens (including phenoxy) is 1. The summed E-state index contributed by atoms with van der Waals surface area (Å²) in [4.78, 5) is 29.7. The van der Waals surface area contributed by atoms with Crippen LogP contribution in [0.15, 0.2) is 32.7 Å². The van der Waals surface area contributed by atoms with E-state index in [4.69, 9.17) is 9.88 Å². The Labute approximate surface area is 172 Å². The molecule has 160 valence electrons. The van der Waals surface area contributed by atoms with Gasteiger partial charge >= 0.3 is 5.69 Å². The second kappa shape index (κ2) is 7.92. The quantitative estimate of drug-likeness (QED) is 0.611. The van der Waals surface area contributed by atoms with Crippen molar-refractivity contribution in [3.8, 4) is 5.75 Å². The van der Waals surface area contributed by atoms with E-state index in [9.17, 15) is 18.0 Å². The molecule has 2 heterocycles. The zero-order valence-electron chi connectivity index (χ0n) is 17.1. The molecule has 11 heteroatoms. The number of hydrogen-bond acceptors (Lipinski definition) is 6. The molecule has 1 aromatic carbocycles. The molecule has 3 rings (SSSR count). The monoisotopic (exact) mass is 433 g/mol. The minimum absolute atomic E-state index is 0.0721. The number of sulfonamides is 1. The molecule has 0 aliphatic rings. The molecule has 0 fully saturated rings. The highest BCUT2D eigenvalue weighted by Crippen LogP contribution is 2.23. The van der Waals surface area contributed by atoms with Crippen molar-refractivity contribution in [3.05, 3.63) is 50.4 Å². The first kappa shape index (κ1) is 21.5. The fraction of sp³-hybridized carbons (Fsp3) is 0.316. The third kappa shape index (κ3) is 3.57. The summed E-state index contributed by atoms with van der Waals surface area (Å²) in [5.74, 6) is 0.832. The maximum atomic E-state index is 12.8. The molecule has 0 radical (unpaired) electrons. The van der Waals surface area contributed by atoms with Crippen LogP contribution in [0.5, 0.6) is 5.75 Å². The first-order valence-electron chi connectivity index (χ1n) is 9.23. The molecular weight excluding hydrogens is 410 g/mol. The number of imidazole rings is 1. The molecule has 0 unspecified atom stereocenters. The molecule has 0 spiro atoms. The lowest BCUT2D eigenvalue weighted by atomic mass is 10.2. The maximum absolute atomic E-state index is 12.8. The summed E-state index contributed by atoms with van der Waals surface area (Å²) in [5, 5.41) is 5.31. The van der Waals surface area contributed by atoms with Crippen molar-refractivity contribution in [2.24, 2.45) is 12.2 Å². The Bertz CT molecular complexity index is 1380. The Hall–Kier alpha value is -3.18. The van der Waals surface area contributed by atoms with Gasteiger partial charge in [-0.1, -0.05) is 0 Å². The van der Waals surface area contributed by atoms with Crippen LogP contribution in [0.1, 0.15) is 25.2 Å². The van der Waals surface area contributed by atoms with Crippen molar-refractivity contribution in [1.29, 1.82) is 0 Å². The van der Waals surface area contributed by atoms with Gasteiger partial charge in [0.2, 0.25) is 10.0 Å². The molecule has 0 saturated heterocycles. The second-order valence-corrected chi connectivity index (χ2v) is 8.09. The summed E-state index contributed by atoms with van der Waals surface area (Å²) >= 11 is 0. The predicted molar refractivity (Wildman–Crippen MR) is 114 cm³/mol. The fourth-order valence-corrected chi connectivity index (χ4v) is 4.01. The number of methoxy groups -OCH3 is 1. The van der Waals surface area contributed by atoms with Gasteiger partial charge in [-0.15, -0.1) is 0 Å². The molecule has 2 N–H and O–H groups in total. The maximum Gasteiger partial charge on any atom is 0.332 e. The van der Waals surface area contributed by atoms with E-state index < -0.39 is 21.3 Å². The van der Waals surface area contributed by atoms with Crippen molar-refractivity contribution in [2.75, 3.05) is 7.11 Å². The van der Waals surface area contributed by atoms with Crippen LogP contribution in [0, 0.1) is 0 Å². The van der Waals surface area contributed by atoms with Gasteiger partial charge < -0.3 is 9.30 Å². The number of aryl methyl sites for hydroxylation is 2. The molecule has 3 aromatic rings. The normalized spacial score (nSPS) is 12.2. The second-order valence-electron chi connectivity index (χ2n) is 6.56. The first-order valence-corrected chi connectivity index (χ1v) is 10.8. The average molecular weight is 433 g/mol. The summed E-state index contributed by atoms with van der Waals surface area (Å²) in [6.45, 7) is 4.11. The highest BCUT2D eigenvalue weighted by molar-refractivity contribution is 7.89. The van der Waals surface area contributed by atoms with E-state index >= 15 is 0 Å². The molecule has 10 nitrogen and oxygen atoms in total. The predicted octanol–water partition coefficient (Wildman–Crippen LogP) is 0.763. The first-order chi connectivity index (χ1) is 14.1. The van der Waals surface area contributed by atoms with Crippen LogP contribution in [0.3, 0.4) is 0 Å². The number of nitrogens with zero attached hydrogens (tertiary/aromatic N) is 4. The van der Waals surface area contributed by atoms with Gasteiger partial charge in [0, 0.05) is 20.1 Å². The van der Waals surface area contributed by atoms with Crippen LogP contribution in [0.2, 0.25) is 0 Å². The van der Waals surface area contributed by atoms with Crippen LogP contribution in [0.25, 0.3) is 23.3 Å². The van der Waals surface area contributed by atoms with E-state index in [-0.39, 0.29) is 22.6 Å². The highest BCUT2D eigenvalue weighted by atomic mass is 32.2. The molecule has 2 aromatic heterocycles. The largest absolute Gasteiger partial charge is 0.497 e. The lowest BCUT2D eigenvalue weighted by molar-refractivity contribution is 0.414. The number of primary sulfonamides is 1. The Balaban J connectivity index is 2.25. The van der Waals surface area contributed by atoms with Crippen molar-refractivity contribution >= 4 is 33.3 Å². The molecule has 0 aliphatic heterocycles. The number of benzene rings is 1. The van der Waals surface area contributed by atoms with E-state index in [0.29, 0.717) is 23.7 Å². The molecule has 0 atom stereocenters. The van der Waals surface area contributed by atoms with Gasteiger partial charge in [-0.3, -0.25) is 13.9 Å². The number of rotatable bonds is 6. The standard InChI is InChI=1S/C19H23N5O5S/c1-5-23-17-16(18(25)24(6-2)19(23)26)22(3)15(21-17)10-7-12-11-13(29-4)8-9-14(12)30(20,27)28/h7-11H,5-6H2,1-4H3,(H2,20,27,28). The highest BCUT2D eigenvalue weighted by Gasteiger charge is 2.18. The Kier molecular flexibility index (Phi) is 5.68. The zero-order chi connectivity index (χ0) is 22.2. The molecular formula is C19H23N5O5S. The summed E-state index contributed by atoms with van der Waals surface area (Å²) < 4.78 is 33.1. The number of aromatic nitrogens is 4. The molecule has 0 aliphatic carbocycles. The van der Waals surface area contributed by atoms with Crippen molar-refractivity contribution in [1.82, 2.24) is 18.7 Å².